The maximum absolute atomic E-state index is 12.5. The minimum atomic E-state index is -0.322. The lowest BCUT2D eigenvalue weighted by molar-refractivity contribution is 0.0303. The maximum Gasteiger partial charge on any atom is 0.257 e. The molecule has 2 amide bonds. The van der Waals surface area contributed by atoms with Crippen LogP contribution >= 0.6 is 12.2 Å². The van der Waals surface area contributed by atoms with Crippen LogP contribution in [0.25, 0.3) is 0 Å². The average Bonchev–Trinajstić information content (AvgIpc) is 2.90. The van der Waals surface area contributed by atoms with E-state index in [1.807, 2.05) is 18.2 Å². The molecule has 35 heavy (non-hydrogen) atoms. The number of anilines is 1. The van der Waals surface area contributed by atoms with Gasteiger partial charge in [-0.25, -0.2) is 0 Å². The Hall–Kier alpha value is -3.75. The molecule has 1 aliphatic heterocycles. The quantitative estimate of drug-likeness (QED) is 0.490. The summed E-state index contributed by atoms with van der Waals surface area (Å²) in [6.45, 7) is 2.86. The van der Waals surface area contributed by atoms with E-state index in [0.29, 0.717) is 55.5 Å². The Balaban J connectivity index is 1.23. The fraction of sp³-hybridized carbons (Fsp3) is 0.222. The average molecular weight is 490 g/mol. The number of thiocarbonyl (C=S) groups is 1. The Bertz CT molecular complexity index is 1150. The Kier molecular flexibility index (Phi) is 8.43. The zero-order valence-corrected chi connectivity index (χ0v) is 20.1. The van der Waals surface area contributed by atoms with E-state index in [1.54, 1.807) is 53.4 Å². The van der Waals surface area contributed by atoms with Crippen molar-refractivity contribution in [2.75, 3.05) is 38.2 Å². The van der Waals surface area contributed by atoms with Gasteiger partial charge < -0.3 is 19.7 Å². The van der Waals surface area contributed by atoms with Crippen LogP contribution in [0, 0.1) is 0 Å². The number of nitrogens with zero attached hydrogens (tertiary/aromatic N) is 1. The minimum absolute atomic E-state index is 0.0248. The third-order valence-electron chi connectivity index (χ3n) is 5.53. The van der Waals surface area contributed by atoms with E-state index in [2.05, 4.69) is 22.8 Å². The molecule has 8 heteroatoms. The molecule has 3 aromatic rings. The van der Waals surface area contributed by atoms with E-state index in [1.165, 1.54) is 5.56 Å². The monoisotopic (exact) mass is 489 g/mol. The van der Waals surface area contributed by atoms with Crippen molar-refractivity contribution >= 4 is 34.8 Å². The summed E-state index contributed by atoms with van der Waals surface area (Å²) in [5, 5.41) is 5.81. The molecule has 7 nitrogen and oxygen atoms in total. The molecule has 4 rings (SSSR count). The molecule has 0 saturated carbocycles. The van der Waals surface area contributed by atoms with Crippen LogP contribution in [-0.4, -0.2) is 54.7 Å². The van der Waals surface area contributed by atoms with Gasteiger partial charge in [0.1, 0.15) is 5.75 Å². The van der Waals surface area contributed by atoms with Gasteiger partial charge in [0, 0.05) is 36.3 Å². The van der Waals surface area contributed by atoms with E-state index >= 15 is 0 Å². The first-order valence-corrected chi connectivity index (χ1v) is 11.9. The van der Waals surface area contributed by atoms with E-state index in [0.717, 1.165) is 6.42 Å². The number of benzene rings is 3. The highest BCUT2D eigenvalue weighted by atomic mass is 32.1. The van der Waals surface area contributed by atoms with Crippen molar-refractivity contribution in [2.24, 2.45) is 0 Å². The van der Waals surface area contributed by atoms with Gasteiger partial charge in [-0.1, -0.05) is 30.3 Å². The molecule has 0 bridgehead atoms. The number of carbonyl (C=O) groups excluding carboxylic acids is 2. The van der Waals surface area contributed by atoms with Crippen LogP contribution in [0.1, 0.15) is 26.3 Å². The molecule has 1 heterocycles. The van der Waals surface area contributed by atoms with Crippen molar-refractivity contribution < 1.29 is 19.1 Å². The van der Waals surface area contributed by atoms with Gasteiger partial charge in [-0.15, -0.1) is 0 Å². The second kappa shape index (κ2) is 12.1. The summed E-state index contributed by atoms with van der Waals surface area (Å²) < 4.78 is 11.1. The van der Waals surface area contributed by atoms with E-state index < -0.39 is 0 Å². The molecule has 1 aliphatic rings. The first-order valence-electron chi connectivity index (χ1n) is 11.4. The van der Waals surface area contributed by atoms with Crippen LogP contribution in [0.3, 0.4) is 0 Å². The van der Waals surface area contributed by atoms with Gasteiger partial charge in [0.2, 0.25) is 0 Å². The van der Waals surface area contributed by atoms with Crippen LogP contribution in [0.2, 0.25) is 0 Å². The molecule has 0 radical (unpaired) electrons. The smallest absolute Gasteiger partial charge is 0.257 e. The third kappa shape index (κ3) is 7.11. The summed E-state index contributed by atoms with van der Waals surface area (Å²) in [4.78, 5) is 26.8. The standard InChI is InChI=1S/C27H27N3O4S/c31-25(21-8-12-24(13-9-21)34-17-14-20-4-2-1-3-5-20)29-27(35)28-23-10-6-22(7-11-23)26(32)30-15-18-33-19-16-30/h1-13H,14-19H2,(H2,28,29,31,35). The second-order valence-electron chi connectivity index (χ2n) is 8.00. The maximum atomic E-state index is 12.5. The number of rotatable bonds is 7. The number of amides is 2. The first kappa shape index (κ1) is 24.4. The highest BCUT2D eigenvalue weighted by molar-refractivity contribution is 7.80. The fourth-order valence-corrected chi connectivity index (χ4v) is 3.83. The molecule has 0 unspecified atom stereocenters. The summed E-state index contributed by atoms with van der Waals surface area (Å²) in [5.41, 5.74) is 2.95. The Morgan fingerprint density at radius 3 is 2.23 bits per heavy atom. The summed E-state index contributed by atoms with van der Waals surface area (Å²) in [5.74, 6) is 0.352. The van der Waals surface area contributed by atoms with Crippen molar-refractivity contribution in [2.45, 2.75) is 6.42 Å². The Morgan fingerprint density at radius 2 is 1.54 bits per heavy atom. The van der Waals surface area contributed by atoms with Gasteiger partial charge in [-0.05, 0) is 66.3 Å². The summed E-state index contributed by atoms with van der Waals surface area (Å²) in [6.07, 6.45) is 0.811. The van der Waals surface area contributed by atoms with Gasteiger partial charge in [0.25, 0.3) is 11.8 Å². The van der Waals surface area contributed by atoms with Gasteiger partial charge in [-0.2, -0.15) is 0 Å². The van der Waals surface area contributed by atoms with Crippen LogP contribution < -0.4 is 15.4 Å². The van der Waals surface area contributed by atoms with Gasteiger partial charge in [0.05, 0.1) is 19.8 Å². The number of ether oxygens (including phenoxy) is 2. The molecular weight excluding hydrogens is 462 g/mol. The Labute approximate surface area is 210 Å². The molecular formula is C27H27N3O4S. The van der Waals surface area contributed by atoms with Gasteiger partial charge in [0.15, 0.2) is 5.11 Å². The van der Waals surface area contributed by atoms with Crippen LogP contribution in [-0.2, 0) is 11.2 Å². The zero-order valence-electron chi connectivity index (χ0n) is 19.2. The van der Waals surface area contributed by atoms with Crippen molar-refractivity contribution in [3.05, 3.63) is 95.6 Å². The number of hydrogen-bond acceptors (Lipinski definition) is 5. The molecule has 1 saturated heterocycles. The molecule has 180 valence electrons. The lowest BCUT2D eigenvalue weighted by Gasteiger charge is -2.26. The van der Waals surface area contributed by atoms with E-state index in [9.17, 15) is 9.59 Å². The lowest BCUT2D eigenvalue weighted by atomic mass is 10.1. The molecule has 3 aromatic carbocycles. The predicted octanol–water partition coefficient (Wildman–Crippen LogP) is 3.91. The zero-order chi connectivity index (χ0) is 24.5. The third-order valence-corrected chi connectivity index (χ3v) is 5.74. The largest absolute Gasteiger partial charge is 0.493 e. The highest BCUT2D eigenvalue weighted by Gasteiger charge is 2.18. The summed E-state index contributed by atoms with van der Waals surface area (Å²) in [6, 6.07) is 24.0. The molecule has 0 aliphatic carbocycles. The lowest BCUT2D eigenvalue weighted by Crippen LogP contribution is -2.40. The Morgan fingerprint density at radius 1 is 0.886 bits per heavy atom. The van der Waals surface area contributed by atoms with Gasteiger partial charge in [-0.3, -0.25) is 14.9 Å². The van der Waals surface area contributed by atoms with Crippen LogP contribution in [0.4, 0.5) is 5.69 Å². The molecule has 1 fully saturated rings. The molecule has 0 spiro atoms. The number of hydrogen-bond donors (Lipinski definition) is 2. The van der Waals surface area contributed by atoms with Gasteiger partial charge >= 0.3 is 0 Å². The summed E-state index contributed by atoms with van der Waals surface area (Å²) in [7, 11) is 0. The number of nitrogens with one attached hydrogen (secondary N) is 2. The predicted molar refractivity (Wildman–Crippen MR) is 139 cm³/mol. The second-order valence-corrected chi connectivity index (χ2v) is 8.41. The SMILES string of the molecule is O=C(NC(=S)Nc1ccc(C(=O)N2CCOCC2)cc1)c1ccc(OCCc2ccccc2)cc1. The number of carbonyl (C=O) groups is 2. The van der Waals surface area contributed by atoms with E-state index in [-0.39, 0.29) is 16.9 Å². The summed E-state index contributed by atoms with van der Waals surface area (Å²) >= 11 is 5.27. The minimum Gasteiger partial charge on any atom is -0.493 e. The molecule has 0 aromatic heterocycles. The normalized spacial score (nSPS) is 13.1. The van der Waals surface area contributed by atoms with Crippen molar-refractivity contribution in [1.29, 1.82) is 0 Å². The molecule has 2 N–H and O–H groups in total. The highest BCUT2D eigenvalue weighted by Crippen LogP contribution is 2.15. The first-order chi connectivity index (χ1) is 17.1. The topological polar surface area (TPSA) is 79.9 Å². The van der Waals surface area contributed by atoms with E-state index in [4.69, 9.17) is 21.7 Å². The van der Waals surface area contributed by atoms with Crippen molar-refractivity contribution in [1.82, 2.24) is 10.2 Å². The van der Waals surface area contributed by atoms with Crippen LogP contribution in [0.5, 0.6) is 5.75 Å². The number of morpholine rings is 1. The van der Waals surface area contributed by atoms with Crippen molar-refractivity contribution in [3.63, 3.8) is 0 Å². The fourth-order valence-electron chi connectivity index (χ4n) is 3.62. The van der Waals surface area contributed by atoms with Crippen molar-refractivity contribution in [3.8, 4) is 5.75 Å². The van der Waals surface area contributed by atoms with Crippen LogP contribution in [0.15, 0.2) is 78.9 Å². The molecule has 0 atom stereocenters.